The fraction of sp³-hybridized carbons (Fsp3) is 0.565. The molecule has 0 spiro atoms. The highest BCUT2D eigenvalue weighted by Crippen LogP contribution is 2.31. The van der Waals surface area contributed by atoms with Crippen molar-refractivity contribution in [1.82, 2.24) is 9.78 Å². The third-order valence-electron chi connectivity index (χ3n) is 6.47. The second-order valence-electron chi connectivity index (χ2n) is 8.60. The van der Waals surface area contributed by atoms with Crippen LogP contribution in [-0.2, 0) is 4.79 Å². The summed E-state index contributed by atoms with van der Waals surface area (Å²) in [5.74, 6) is 2.64. The first kappa shape index (κ1) is 21.6. The zero-order chi connectivity index (χ0) is 21.5. The molecule has 2 aliphatic rings. The van der Waals surface area contributed by atoms with Gasteiger partial charge < -0.3 is 24.6 Å². The van der Waals surface area contributed by atoms with Crippen LogP contribution in [0.1, 0.15) is 31.7 Å². The van der Waals surface area contributed by atoms with Gasteiger partial charge in [0.1, 0.15) is 56.6 Å². The molecule has 4 rings (SSSR count). The van der Waals surface area contributed by atoms with Gasteiger partial charge in [-0.05, 0) is 37.1 Å². The molecule has 0 radical (unpaired) electrons. The van der Waals surface area contributed by atoms with Crippen molar-refractivity contribution in [2.75, 3.05) is 58.3 Å². The first-order chi connectivity index (χ1) is 15.2. The summed E-state index contributed by atoms with van der Waals surface area (Å²) in [6, 6.07) is 10.0. The molecule has 0 unspecified atom stereocenters. The van der Waals surface area contributed by atoms with Gasteiger partial charge in [-0.25, -0.2) is 4.68 Å². The molecule has 8 heteroatoms. The van der Waals surface area contributed by atoms with Gasteiger partial charge >= 0.3 is 0 Å². The molecule has 2 fully saturated rings. The summed E-state index contributed by atoms with van der Waals surface area (Å²) in [4.78, 5) is 15.5. The van der Waals surface area contributed by atoms with Crippen LogP contribution in [0.5, 0.6) is 11.5 Å². The molecule has 168 valence electrons. The summed E-state index contributed by atoms with van der Waals surface area (Å²) in [5.41, 5.74) is 0. The minimum absolute atomic E-state index is 0.0843. The third-order valence-corrected chi connectivity index (χ3v) is 6.47. The SMILES string of the molecule is COc1ccc(OCC[NH+]2CC[NH+](CC(=O)Nc3ccnn3C3CCCC3)CC2)cc1. The van der Waals surface area contributed by atoms with Crippen LogP contribution in [0.2, 0.25) is 0 Å². The number of amides is 1. The summed E-state index contributed by atoms with van der Waals surface area (Å²) in [7, 11) is 1.66. The standard InChI is InChI=1S/C23H33N5O3/c1-30-20-6-8-21(9-7-20)31-17-16-26-12-14-27(15-13-26)18-23(29)25-22-10-11-24-28(22)19-4-2-3-5-19/h6-11,19H,2-5,12-18H2,1H3,(H,25,29)/p+2. The maximum absolute atomic E-state index is 12.6. The van der Waals surface area contributed by atoms with Crippen molar-refractivity contribution in [3.05, 3.63) is 36.5 Å². The van der Waals surface area contributed by atoms with Crippen LogP contribution in [0.3, 0.4) is 0 Å². The van der Waals surface area contributed by atoms with Crippen molar-refractivity contribution in [3.63, 3.8) is 0 Å². The van der Waals surface area contributed by atoms with Crippen molar-refractivity contribution in [2.45, 2.75) is 31.7 Å². The number of carbonyl (C=O) groups excluding carboxylic acids is 1. The van der Waals surface area contributed by atoms with E-state index in [9.17, 15) is 4.79 Å². The van der Waals surface area contributed by atoms with Crippen LogP contribution in [0, 0.1) is 0 Å². The van der Waals surface area contributed by atoms with Crippen molar-refractivity contribution in [1.29, 1.82) is 0 Å². The minimum atomic E-state index is 0.0843. The lowest BCUT2D eigenvalue weighted by Crippen LogP contribution is -3.28. The maximum Gasteiger partial charge on any atom is 0.280 e. The average molecular weight is 430 g/mol. The molecule has 1 aromatic carbocycles. The van der Waals surface area contributed by atoms with Gasteiger partial charge in [0.2, 0.25) is 0 Å². The van der Waals surface area contributed by atoms with Crippen LogP contribution >= 0.6 is 0 Å². The van der Waals surface area contributed by atoms with Crippen LogP contribution in [0.25, 0.3) is 0 Å². The topological polar surface area (TPSA) is 74.3 Å². The number of ether oxygens (including phenoxy) is 2. The second kappa shape index (κ2) is 10.6. The monoisotopic (exact) mass is 429 g/mol. The molecule has 8 nitrogen and oxygen atoms in total. The van der Waals surface area contributed by atoms with Crippen LogP contribution < -0.4 is 24.6 Å². The van der Waals surface area contributed by atoms with Crippen molar-refractivity contribution < 1.29 is 24.1 Å². The Morgan fingerprint density at radius 3 is 2.45 bits per heavy atom. The maximum atomic E-state index is 12.6. The Morgan fingerprint density at radius 2 is 1.74 bits per heavy atom. The van der Waals surface area contributed by atoms with Crippen molar-refractivity contribution in [2.24, 2.45) is 0 Å². The summed E-state index contributed by atoms with van der Waals surface area (Å²) < 4.78 is 13.0. The second-order valence-corrected chi connectivity index (χ2v) is 8.60. The van der Waals surface area contributed by atoms with Crippen LogP contribution in [0.4, 0.5) is 5.82 Å². The number of piperazine rings is 1. The van der Waals surface area contributed by atoms with E-state index in [2.05, 4.69) is 10.4 Å². The van der Waals surface area contributed by atoms with Gasteiger partial charge in [0.25, 0.3) is 5.91 Å². The van der Waals surface area contributed by atoms with E-state index >= 15 is 0 Å². The Labute approximate surface area is 184 Å². The van der Waals surface area contributed by atoms with Crippen LogP contribution in [0.15, 0.2) is 36.5 Å². The van der Waals surface area contributed by atoms with E-state index in [1.54, 1.807) is 13.3 Å². The van der Waals surface area contributed by atoms with Gasteiger partial charge in [-0.15, -0.1) is 0 Å². The quantitative estimate of drug-likeness (QED) is 0.517. The van der Waals surface area contributed by atoms with Gasteiger partial charge in [0, 0.05) is 6.07 Å². The Bertz CT molecular complexity index is 824. The van der Waals surface area contributed by atoms with E-state index in [1.165, 1.54) is 22.6 Å². The van der Waals surface area contributed by atoms with Gasteiger partial charge in [0.15, 0.2) is 6.54 Å². The largest absolute Gasteiger partial charge is 0.497 e. The number of benzene rings is 1. The normalized spacial score (nSPS) is 21.7. The highest BCUT2D eigenvalue weighted by Gasteiger charge is 2.26. The Hall–Kier alpha value is -2.58. The number of nitrogens with one attached hydrogen (secondary N) is 3. The molecule has 0 atom stereocenters. The molecule has 1 aliphatic carbocycles. The number of quaternary nitrogens is 2. The molecule has 1 aromatic heterocycles. The summed E-state index contributed by atoms with van der Waals surface area (Å²) in [6.45, 7) is 6.34. The predicted octanol–water partition coefficient (Wildman–Crippen LogP) is -0.192. The molecule has 2 heterocycles. The lowest BCUT2D eigenvalue weighted by molar-refractivity contribution is -1.01. The van der Waals surface area contributed by atoms with Crippen molar-refractivity contribution in [3.8, 4) is 11.5 Å². The number of rotatable bonds is 9. The smallest absolute Gasteiger partial charge is 0.280 e. The summed E-state index contributed by atoms with van der Waals surface area (Å²) >= 11 is 0. The molecule has 2 aromatic rings. The first-order valence-corrected chi connectivity index (χ1v) is 11.5. The molecular weight excluding hydrogens is 394 g/mol. The van der Waals surface area contributed by atoms with E-state index in [0.29, 0.717) is 19.2 Å². The lowest BCUT2D eigenvalue weighted by atomic mass is 10.2. The number of hydrogen-bond donors (Lipinski definition) is 3. The number of nitrogens with zero attached hydrogens (tertiary/aromatic N) is 2. The highest BCUT2D eigenvalue weighted by atomic mass is 16.5. The van der Waals surface area contributed by atoms with E-state index in [0.717, 1.165) is 62.9 Å². The predicted molar refractivity (Wildman–Crippen MR) is 118 cm³/mol. The third kappa shape index (κ3) is 5.98. The fourth-order valence-corrected chi connectivity index (χ4v) is 4.64. The zero-order valence-corrected chi connectivity index (χ0v) is 18.4. The Balaban J connectivity index is 1.15. The molecule has 1 saturated heterocycles. The van der Waals surface area contributed by atoms with Crippen LogP contribution in [-0.4, -0.2) is 68.7 Å². The first-order valence-electron chi connectivity index (χ1n) is 11.5. The minimum Gasteiger partial charge on any atom is -0.497 e. The fourth-order valence-electron chi connectivity index (χ4n) is 4.64. The number of anilines is 1. The van der Waals surface area contributed by atoms with E-state index in [1.807, 2.05) is 35.0 Å². The number of carbonyl (C=O) groups is 1. The van der Waals surface area contributed by atoms with E-state index in [4.69, 9.17) is 9.47 Å². The molecule has 3 N–H and O–H groups in total. The Morgan fingerprint density at radius 1 is 1.06 bits per heavy atom. The summed E-state index contributed by atoms with van der Waals surface area (Å²) in [5, 5.41) is 7.53. The summed E-state index contributed by atoms with van der Waals surface area (Å²) in [6.07, 6.45) is 6.60. The molecule has 31 heavy (non-hydrogen) atoms. The molecule has 1 saturated carbocycles. The zero-order valence-electron chi connectivity index (χ0n) is 18.4. The molecule has 1 amide bonds. The molecule has 0 bridgehead atoms. The Kier molecular flexibility index (Phi) is 7.43. The lowest BCUT2D eigenvalue weighted by Gasteiger charge is -2.29. The number of hydrogen-bond acceptors (Lipinski definition) is 4. The van der Waals surface area contributed by atoms with E-state index in [-0.39, 0.29) is 5.91 Å². The van der Waals surface area contributed by atoms with Gasteiger partial charge in [-0.3, -0.25) is 4.79 Å². The highest BCUT2D eigenvalue weighted by molar-refractivity contribution is 5.90. The van der Waals surface area contributed by atoms with Gasteiger partial charge in [-0.2, -0.15) is 5.10 Å². The molecular formula is C23H35N5O3+2. The number of aromatic nitrogens is 2. The van der Waals surface area contributed by atoms with Gasteiger partial charge in [-0.1, -0.05) is 12.8 Å². The van der Waals surface area contributed by atoms with Gasteiger partial charge in [0.05, 0.1) is 19.3 Å². The van der Waals surface area contributed by atoms with E-state index < -0.39 is 0 Å². The number of methoxy groups -OCH3 is 1. The molecule has 1 aliphatic heterocycles. The average Bonchev–Trinajstić information content (AvgIpc) is 3.47. The van der Waals surface area contributed by atoms with Crippen molar-refractivity contribution >= 4 is 11.7 Å².